The number of primary amides is 1. The molecule has 1 amide bonds. The highest BCUT2D eigenvalue weighted by Gasteiger charge is 2.34. The van der Waals surface area contributed by atoms with Gasteiger partial charge in [0.25, 0.3) is 5.91 Å². The maximum atomic E-state index is 14.3. The number of rotatable bonds is 7. The molecule has 0 unspecified atom stereocenters. The number of nitrogens with one attached hydrogen (secondary N) is 3. The zero-order chi connectivity index (χ0) is 23.6. The highest BCUT2D eigenvalue weighted by Crippen LogP contribution is 2.34. The van der Waals surface area contributed by atoms with Gasteiger partial charge in [-0.1, -0.05) is 12.1 Å². The van der Waals surface area contributed by atoms with Crippen LogP contribution in [0.5, 0.6) is 0 Å². The lowest BCUT2D eigenvalue weighted by Gasteiger charge is -2.16. The van der Waals surface area contributed by atoms with Crippen molar-refractivity contribution >= 4 is 28.6 Å². The number of hydrogen-bond donors (Lipinski definition) is 4. The summed E-state index contributed by atoms with van der Waals surface area (Å²) >= 11 is 0. The Bertz CT molecular complexity index is 1310. The van der Waals surface area contributed by atoms with Crippen LogP contribution in [0.15, 0.2) is 48.8 Å². The van der Waals surface area contributed by atoms with Crippen LogP contribution in [0.25, 0.3) is 10.9 Å². The fourth-order valence-corrected chi connectivity index (χ4v) is 3.30. The van der Waals surface area contributed by atoms with Crippen molar-refractivity contribution in [2.24, 2.45) is 5.73 Å². The second-order valence-electron chi connectivity index (χ2n) is 6.97. The maximum absolute atomic E-state index is 14.3. The summed E-state index contributed by atoms with van der Waals surface area (Å²) in [6.45, 7) is -0.297. The van der Waals surface area contributed by atoms with Crippen molar-refractivity contribution in [3.63, 3.8) is 0 Å². The van der Waals surface area contributed by atoms with E-state index >= 15 is 0 Å². The number of alkyl halides is 3. The van der Waals surface area contributed by atoms with Gasteiger partial charge < -0.3 is 21.4 Å². The van der Waals surface area contributed by atoms with Crippen LogP contribution in [0, 0.1) is 5.82 Å². The summed E-state index contributed by atoms with van der Waals surface area (Å²) in [6.07, 6.45) is -1.55. The third-order valence-electron chi connectivity index (χ3n) is 4.82. The van der Waals surface area contributed by atoms with Crippen LogP contribution in [-0.2, 0) is 19.3 Å². The molecule has 0 fully saturated rings. The molecule has 33 heavy (non-hydrogen) atoms. The summed E-state index contributed by atoms with van der Waals surface area (Å²) in [6, 6.07) is 7.34. The molecule has 170 valence electrons. The summed E-state index contributed by atoms with van der Waals surface area (Å²) in [7, 11) is 0. The summed E-state index contributed by atoms with van der Waals surface area (Å²) in [5.41, 5.74) is 4.08. The molecule has 0 spiro atoms. The number of amides is 1. The van der Waals surface area contributed by atoms with E-state index in [2.05, 4.69) is 30.6 Å². The Labute approximate surface area is 184 Å². The molecular formula is C21H17F4N7O. The zero-order valence-corrected chi connectivity index (χ0v) is 16.9. The first-order valence-electron chi connectivity index (χ1n) is 9.65. The molecular weight excluding hydrogens is 442 g/mol. The van der Waals surface area contributed by atoms with Gasteiger partial charge in [-0.15, -0.1) is 0 Å². The number of imidazole rings is 1. The van der Waals surface area contributed by atoms with Crippen LogP contribution in [0.3, 0.4) is 0 Å². The molecule has 0 atom stereocenters. The predicted molar refractivity (Wildman–Crippen MR) is 113 cm³/mol. The molecule has 4 rings (SSSR count). The van der Waals surface area contributed by atoms with Gasteiger partial charge in [0.15, 0.2) is 0 Å². The number of nitrogens with zero attached hydrogens (tertiary/aromatic N) is 3. The van der Waals surface area contributed by atoms with Crippen molar-refractivity contribution < 1.29 is 22.4 Å². The first-order chi connectivity index (χ1) is 15.7. The average molecular weight is 459 g/mol. The molecule has 0 saturated heterocycles. The normalized spacial score (nSPS) is 11.5. The molecule has 2 heterocycles. The number of aromatic amines is 1. The van der Waals surface area contributed by atoms with Crippen LogP contribution >= 0.6 is 0 Å². The van der Waals surface area contributed by atoms with E-state index in [0.717, 1.165) is 18.2 Å². The van der Waals surface area contributed by atoms with Gasteiger partial charge in [0.2, 0.25) is 5.95 Å². The molecule has 0 saturated carbocycles. The monoisotopic (exact) mass is 459 g/mol. The highest BCUT2D eigenvalue weighted by atomic mass is 19.4. The van der Waals surface area contributed by atoms with Crippen molar-refractivity contribution in [3.8, 4) is 0 Å². The molecule has 5 N–H and O–H groups in total. The molecule has 0 aliphatic rings. The average Bonchev–Trinajstić information content (AvgIpc) is 3.29. The van der Waals surface area contributed by atoms with Crippen LogP contribution in [0.4, 0.5) is 29.3 Å². The number of para-hydroxylation sites is 1. The van der Waals surface area contributed by atoms with E-state index in [4.69, 9.17) is 5.73 Å². The Hall–Kier alpha value is -4.22. The maximum Gasteiger partial charge on any atom is 0.416 e. The van der Waals surface area contributed by atoms with E-state index in [1.165, 1.54) is 12.1 Å². The van der Waals surface area contributed by atoms with Crippen molar-refractivity contribution in [2.75, 3.05) is 10.6 Å². The minimum atomic E-state index is -4.73. The van der Waals surface area contributed by atoms with Gasteiger partial charge in [-0.2, -0.15) is 18.2 Å². The smallest absolute Gasteiger partial charge is 0.366 e. The Morgan fingerprint density at radius 2 is 1.85 bits per heavy atom. The number of hydrogen-bond acceptors (Lipinski definition) is 6. The summed E-state index contributed by atoms with van der Waals surface area (Å²) in [4.78, 5) is 27.5. The quantitative estimate of drug-likeness (QED) is 0.312. The molecule has 8 nitrogen and oxygen atoms in total. The van der Waals surface area contributed by atoms with Gasteiger partial charge in [0, 0.05) is 29.9 Å². The van der Waals surface area contributed by atoms with Crippen molar-refractivity contribution in [2.45, 2.75) is 19.3 Å². The first-order valence-corrected chi connectivity index (χ1v) is 9.65. The Morgan fingerprint density at radius 3 is 2.55 bits per heavy atom. The number of carbonyl (C=O) groups excluding carboxylic acids is 1. The molecule has 0 aliphatic carbocycles. The third-order valence-corrected chi connectivity index (χ3v) is 4.82. The standard InChI is InChI=1S/C21H17F4N7O/c22-15-6-2-5-14(21(23,24)25)13(15)9-29-19-12-4-1-3-11(18(26)33)17(12)31-20(32-19)30-10-16-27-7-8-28-16/h1-8H,9-10H2,(H2,26,33)(H,27,28)(H2,29,30,31,32). The largest absolute Gasteiger partial charge is 0.416 e. The van der Waals surface area contributed by atoms with E-state index < -0.39 is 35.6 Å². The number of halogens is 4. The Morgan fingerprint density at radius 1 is 1.06 bits per heavy atom. The SMILES string of the molecule is NC(=O)c1cccc2c(NCc3c(F)cccc3C(F)(F)F)nc(NCc3ncc[nH]3)nc12. The van der Waals surface area contributed by atoms with E-state index in [1.807, 2.05) is 0 Å². The molecule has 2 aromatic carbocycles. The number of H-pyrrole nitrogens is 1. The lowest BCUT2D eigenvalue weighted by atomic mass is 10.1. The van der Waals surface area contributed by atoms with Gasteiger partial charge >= 0.3 is 6.18 Å². The molecule has 2 aromatic heterocycles. The van der Waals surface area contributed by atoms with Gasteiger partial charge in [-0.05, 0) is 24.3 Å². The number of fused-ring (bicyclic) bond motifs is 1. The number of carbonyl (C=O) groups is 1. The minimum absolute atomic E-state index is 0.0691. The summed E-state index contributed by atoms with van der Waals surface area (Å²) < 4.78 is 54.3. The van der Waals surface area contributed by atoms with E-state index in [1.54, 1.807) is 18.5 Å². The fourth-order valence-electron chi connectivity index (χ4n) is 3.30. The number of benzene rings is 2. The lowest BCUT2D eigenvalue weighted by molar-refractivity contribution is -0.138. The first kappa shape index (κ1) is 22.0. The molecule has 0 bridgehead atoms. The summed E-state index contributed by atoms with van der Waals surface area (Å²) in [5, 5.41) is 6.01. The zero-order valence-electron chi connectivity index (χ0n) is 16.9. The van der Waals surface area contributed by atoms with Gasteiger partial charge in [0.1, 0.15) is 17.5 Å². The van der Waals surface area contributed by atoms with E-state index in [9.17, 15) is 22.4 Å². The molecule has 0 radical (unpaired) electrons. The van der Waals surface area contributed by atoms with Crippen LogP contribution in [0.1, 0.15) is 27.3 Å². The second-order valence-corrected chi connectivity index (χ2v) is 6.97. The van der Waals surface area contributed by atoms with Crippen molar-refractivity contribution in [3.05, 3.63) is 77.1 Å². The van der Waals surface area contributed by atoms with Crippen molar-refractivity contribution in [1.82, 2.24) is 19.9 Å². The van der Waals surface area contributed by atoms with Crippen molar-refractivity contribution in [1.29, 1.82) is 0 Å². The minimum Gasteiger partial charge on any atom is -0.366 e. The van der Waals surface area contributed by atoms with E-state index in [-0.39, 0.29) is 29.4 Å². The summed E-state index contributed by atoms with van der Waals surface area (Å²) in [5.74, 6) is -1.00. The Balaban J connectivity index is 1.74. The third kappa shape index (κ3) is 4.68. The Kier molecular flexibility index (Phi) is 5.82. The number of anilines is 2. The van der Waals surface area contributed by atoms with Crippen LogP contribution < -0.4 is 16.4 Å². The number of nitrogens with two attached hydrogens (primary N) is 1. The lowest BCUT2D eigenvalue weighted by Crippen LogP contribution is -2.16. The topological polar surface area (TPSA) is 122 Å². The highest BCUT2D eigenvalue weighted by molar-refractivity contribution is 6.07. The van der Waals surface area contributed by atoms with Gasteiger partial charge in [0.05, 0.1) is 23.2 Å². The van der Waals surface area contributed by atoms with Crippen LogP contribution in [-0.4, -0.2) is 25.8 Å². The van der Waals surface area contributed by atoms with Gasteiger partial charge in [-0.3, -0.25) is 4.79 Å². The molecule has 4 aromatic rings. The number of aromatic nitrogens is 4. The van der Waals surface area contributed by atoms with E-state index in [0.29, 0.717) is 11.2 Å². The van der Waals surface area contributed by atoms with Crippen LogP contribution in [0.2, 0.25) is 0 Å². The van der Waals surface area contributed by atoms with Gasteiger partial charge in [-0.25, -0.2) is 14.4 Å². The second kappa shape index (κ2) is 8.73. The molecule has 12 heteroatoms. The molecule has 0 aliphatic heterocycles. The fraction of sp³-hybridized carbons (Fsp3) is 0.143. The predicted octanol–water partition coefficient (Wildman–Crippen LogP) is 3.83.